The van der Waals surface area contributed by atoms with Crippen molar-refractivity contribution in [1.29, 1.82) is 0 Å². The number of halogens is 1. The maximum Gasteiger partial charge on any atom is 0.130 e. The first kappa shape index (κ1) is 12.9. The van der Waals surface area contributed by atoms with Gasteiger partial charge in [-0.3, -0.25) is 4.68 Å². The Bertz CT molecular complexity index is 772. The Hall–Kier alpha value is -2.08. The van der Waals surface area contributed by atoms with Gasteiger partial charge >= 0.3 is 0 Å². The van der Waals surface area contributed by atoms with Crippen molar-refractivity contribution in [2.24, 2.45) is 14.1 Å². The van der Waals surface area contributed by atoms with Crippen LogP contribution in [0.25, 0.3) is 22.5 Å². The molecule has 0 unspecified atom stereocenters. The van der Waals surface area contributed by atoms with Crippen LogP contribution < -0.4 is 5.73 Å². The zero-order chi connectivity index (χ0) is 14.3. The molecule has 102 valence electrons. The number of benzene rings is 1. The van der Waals surface area contributed by atoms with Crippen LogP contribution in [0.3, 0.4) is 0 Å². The lowest BCUT2D eigenvalue weighted by atomic mass is 10.0. The molecule has 0 bridgehead atoms. The second kappa shape index (κ2) is 4.79. The first-order valence-electron chi connectivity index (χ1n) is 6.13. The Morgan fingerprint density at radius 1 is 1.20 bits per heavy atom. The highest BCUT2D eigenvalue weighted by atomic mass is 79.9. The summed E-state index contributed by atoms with van der Waals surface area (Å²) in [6, 6.07) is 7.96. The number of rotatable bonds is 2. The molecule has 1 aromatic carbocycles. The number of hydrogen-bond donors (Lipinski definition) is 1. The molecule has 0 radical (unpaired) electrons. The van der Waals surface area contributed by atoms with Crippen LogP contribution in [-0.2, 0) is 14.1 Å². The standard InChI is InChI=1S/C14H14BrN5/c1-19-7-11(17-8-19)13-12(14(16)20(2)18-13)9-5-3-4-6-10(9)15/h3-8H,16H2,1-2H3. The minimum absolute atomic E-state index is 0.623. The summed E-state index contributed by atoms with van der Waals surface area (Å²) >= 11 is 3.57. The van der Waals surface area contributed by atoms with Crippen LogP contribution in [0.4, 0.5) is 5.82 Å². The van der Waals surface area contributed by atoms with Crippen LogP contribution in [0.5, 0.6) is 0 Å². The van der Waals surface area contributed by atoms with Crippen LogP contribution >= 0.6 is 15.9 Å². The van der Waals surface area contributed by atoms with E-state index >= 15 is 0 Å². The predicted molar refractivity (Wildman–Crippen MR) is 83.0 cm³/mol. The van der Waals surface area contributed by atoms with E-state index in [1.54, 1.807) is 11.0 Å². The Balaban J connectivity index is 2.28. The highest BCUT2D eigenvalue weighted by molar-refractivity contribution is 9.10. The van der Waals surface area contributed by atoms with E-state index in [2.05, 4.69) is 26.0 Å². The summed E-state index contributed by atoms with van der Waals surface area (Å²) in [5.74, 6) is 0.623. The summed E-state index contributed by atoms with van der Waals surface area (Å²) < 4.78 is 4.56. The van der Waals surface area contributed by atoms with Gasteiger partial charge in [-0.15, -0.1) is 0 Å². The number of nitrogens with two attached hydrogens (primary N) is 1. The van der Waals surface area contributed by atoms with Crippen LogP contribution in [-0.4, -0.2) is 19.3 Å². The fraction of sp³-hybridized carbons (Fsp3) is 0.143. The number of anilines is 1. The van der Waals surface area contributed by atoms with E-state index in [1.165, 1.54) is 0 Å². The molecule has 3 rings (SSSR count). The molecule has 2 N–H and O–H groups in total. The molecular formula is C14H14BrN5. The lowest BCUT2D eigenvalue weighted by Crippen LogP contribution is -1.98. The molecule has 2 aromatic heterocycles. The highest BCUT2D eigenvalue weighted by Gasteiger charge is 2.20. The summed E-state index contributed by atoms with van der Waals surface area (Å²) in [5, 5.41) is 4.51. The van der Waals surface area contributed by atoms with Gasteiger partial charge in [-0.05, 0) is 6.07 Å². The van der Waals surface area contributed by atoms with Gasteiger partial charge < -0.3 is 10.3 Å². The van der Waals surface area contributed by atoms with Gasteiger partial charge in [-0.2, -0.15) is 5.10 Å². The summed E-state index contributed by atoms with van der Waals surface area (Å²) in [4.78, 5) is 4.37. The fourth-order valence-corrected chi connectivity index (χ4v) is 2.66. The first-order valence-corrected chi connectivity index (χ1v) is 6.93. The molecule has 0 saturated carbocycles. The van der Waals surface area contributed by atoms with E-state index in [-0.39, 0.29) is 0 Å². The van der Waals surface area contributed by atoms with E-state index in [1.807, 2.05) is 49.1 Å². The third kappa shape index (κ3) is 2.02. The van der Waals surface area contributed by atoms with Crippen molar-refractivity contribution in [3.63, 3.8) is 0 Å². The van der Waals surface area contributed by atoms with E-state index in [4.69, 9.17) is 5.73 Å². The number of nitrogen functional groups attached to an aromatic ring is 1. The van der Waals surface area contributed by atoms with Crippen LogP contribution in [0.15, 0.2) is 41.3 Å². The van der Waals surface area contributed by atoms with E-state index in [0.717, 1.165) is 27.0 Å². The third-order valence-corrected chi connectivity index (χ3v) is 3.87. The monoisotopic (exact) mass is 331 g/mol. The Morgan fingerprint density at radius 2 is 1.95 bits per heavy atom. The molecule has 0 fully saturated rings. The zero-order valence-corrected chi connectivity index (χ0v) is 12.8. The number of imidazole rings is 1. The summed E-state index contributed by atoms with van der Waals surface area (Å²) in [6.45, 7) is 0. The molecule has 0 amide bonds. The van der Waals surface area contributed by atoms with Gasteiger partial charge in [0.25, 0.3) is 0 Å². The summed E-state index contributed by atoms with van der Waals surface area (Å²) in [7, 11) is 3.77. The first-order chi connectivity index (χ1) is 9.58. The molecular weight excluding hydrogens is 318 g/mol. The molecule has 0 aliphatic carbocycles. The predicted octanol–water partition coefficient (Wildman–Crippen LogP) is 2.83. The Labute approximate surface area is 125 Å². The topological polar surface area (TPSA) is 61.7 Å². The minimum atomic E-state index is 0.623. The van der Waals surface area contributed by atoms with Crippen LogP contribution in [0.2, 0.25) is 0 Å². The number of hydrogen-bond acceptors (Lipinski definition) is 3. The van der Waals surface area contributed by atoms with Crippen molar-refractivity contribution in [3.05, 3.63) is 41.3 Å². The van der Waals surface area contributed by atoms with Gasteiger partial charge in [0.05, 0.1) is 11.9 Å². The molecule has 2 heterocycles. The van der Waals surface area contributed by atoms with E-state index < -0.39 is 0 Å². The molecule has 0 spiro atoms. The van der Waals surface area contributed by atoms with Gasteiger partial charge in [-0.25, -0.2) is 4.98 Å². The maximum absolute atomic E-state index is 6.19. The lowest BCUT2D eigenvalue weighted by Gasteiger charge is -2.05. The average Bonchev–Trinajstić information content (AvgIpc) is 2.96. The minimum Gasteiger partial charge on any atom is -0.383 e. The zero-order valence-electron chi connectivity index (χ0n) is 11.2. The van der Waals surface area contributed by atoms with E-state index in [0.29, 0.717) is 5.82 Å². The van der Waals surface area contributed by atoms with Gasteiger partial charge in [-0.1, -0.05) is 34.1 Å². The number of nitrogens with zero attached hydrogens (tertiary/aromatic N) is 4. The maximum atomic E-state index is 6.19. The SMILES string of the molecule is Cn1cnc(-c2nn(C)c(N)c2-c2ccccc2Br)c1. The number of aromatic nitrogens is 4. The highest BCUT2D eigenvalue weighted by Crippen LogP contribution is 2.38. The van der Waals surface area contributed by atoms with Crippen LogP contribution in [0.1, 0.15) is 0 Å². The lowest BCUT2D eigenvalue weighted by molar-refractivity contribution is 0.781. The smallest absolute Gasteiger partial charge is 0.130 e. The molecule has 20 heavy (non-hydrogen) atoms. The van der Waals surface area contributed by atoms with Gasteiger partial charge in [0, 0.05) is 30.3 Å². The Kier molecular flexibility index (Phi) is 3.10. The largest absolute Gasteiger partial charge is 0.383 e. The average molecular weight is 332 g/mol. The van der Waals surface area contributed by atoms with Crippen molar-refractivity contribution in [3.8, 4) is 22.5 Å². The van der Waals surface area contributed by atoms with Crippen molar-refractivity contribution in [2.75, 3.05) is 5.73 Å². The molecule has 0 saturated heterocycles. The summed E-state index contributed by atoms with van der Waals surface area (Å²) in [6.07, 6.45) is 3.69. The van der Waals surface area contributed by atoms with Crippen molar-refractivity contribution >= 4 is 21.7 Å². The second-order valence-electron chi connectivity index (χ2n) is 4.64. The molecule has 6 heteroatoms. The van der Waals surface area contributed by atoms with Crippen LogP contribution in [0, 0.1) is 0 Å². The number of aryl methyl sites for hydroxylation is 2. The van der Waals surface area contributed by atoms with Gasteiger partial charge in [0.1, 0.15) is 17.2 Å². The molecule has 5 nitrogen and oxygen atoms in total. The third-order valence-electron chi connectivity index (χ3n) is 3.18. The van der Waals surface area contributed by atoms with E-state index in [9.17, 15) is 0 Å². The normalized spacial score (nSPS) is 10.9. The van der Waals surface area contributed by atoms with Crippen molar-refractivity contribution < 1.29 is 0 Å². The summed E-state index contributed by atoms with van der Waals surface area (Å²) in [5.41, 5.74) is 9.71. The fourth-order valence-electron chi connectivity index (χ4n) is 2.18. The van der Waals surface area contributed by atoms with Crippen molar-refractivity contribution in [1.82, 2.24) is 19.3 Å². The Morgan fingerprint density at radius 3 is 2.60 bits per heavy atom. The van der Waals surface area contributed by atoms with Crippen molar-refractivity contribution in [2.45, 2.75) is 0 Å². The second-order valence-corrected chi connectivity index (χ2v) is 5.49. The molecule has 3 aromatic rings. The van der Waals surface area contributed by atoms with Gasteiger partial charge in [0.2, 0.25) is 0 Å². The molecule has 0 atom stereocenters. The quantitative estimate of drug-likeness (QED) is 0.785. The van der Waals surface area contributed by atoms with Gasteiger partial charge in [0.15, 0.2) is 0 Å². The molecule has 0 aliphatic heterocycles. The molecule has 0 aliphatic rings.